The number of hydrogen-bond donors (Lipinski definition) is 1. The summed E-state index contributed by atoms with van der Waals surface area (Å²) in [5.74, 6) is 0.981. The first kappa shape index (κ1) is 19.2. The largest absolute Gasteiger partial charge is 0.434 e. The van der Waals surface area contributed by atoms with E-state index in [2.05, 4.69) is 4.57 Å². The lowest BCUT2D eigenvalue weighted by molar-refractivity contribution is -0.0508. The van der Waals surface area contributed by atoms with Gasteiger partial charge in [0.05, 0.1) is 22.7 Å². The minimum Gasteiger partial charge on any atom is -0.434 e. The van der Waals surface area contributed by atoms with Crippen LogP contribution >= 0.6 is 23.4 Å². The molecule has 29 heavy (non-hydrogen) atoms. The van der Waals surface area contributed by atoms with Crippen LogP contribution in [0.5, 0.6) is 5.75 Å². The van der Waals surface area contributed by atoms with Gasteiger partial charge in [-0.1, -0.05) is 17.7 Å². The maximum atomic E-state index is 13.1. The monoisotopic (exact) mass is 436 g/mol. The summed E-state index contributed by atoms with van der Waals surface area (Å²) in [6.45, 7) is 0.657. The van der Waals surface area contributed by atoms with E-state index in [-0.39, 0.29) is 23.0 Å². The van der Waals surface area contributed by atoms with Gasteiger partial charge in [0.2, 0.25) is 0 Å². The Kier molecular flexibility index (Phi) is 4.35. The molecule has 2 aliphatic heterocycles. The predicted molar refractivity (Wildman–Crippen MR) is 109 cm³/mol. The smallest absolute Gasteiger partial charge is 0.387 e. The van der Waals surface area contributed by atoms with Gasteiger partial charge in [0.25, 0.3) is 0 Å². The molecule has 3 aromatic rings. The number of nitrogens with zero attached hydrogens (tertiary/aromatic N) is 2. The summed E-state index contributed by atoms with van der Waals surface area (Å²) in [5.41, 5.74) is 1.38. The Morgan fingerprint density at radius 2 is 2.10 bits per heavy atom. The lowest BCUT2D eigenvalue weighted by Gasteiger charge is -2.32. The number of fused-ring (bicyclic) bond motifs is 9. The molecule has 3 atom stereocenters. The summed E-state index contributed by atoms with van der Waals surface area (Å²) in [6.07, 6.45) is 0.656. The first-order valence-corrected chi connectivity index (χ1v) is 10.6. The maximum Gasteiger partial charge on any atom is 0.387 e. The molecule has 0 radical (unpaired) electrons. The highest BCUT2D eigenvalue weighted by molar-refractivity contribution is 8.00. The molecule has 0 spiro atoms. The second kappa shape index (κ2) is 6.59. The van der Waals surface area contributed by atoms with Gasteiger partial charge in [0.15, 0.2) is 0 Å². The molecule has 5 rings (SSSR count). The Labute approximate surface area is 175 Å². The highest BCUT2D eigenvalue weighted by atomic mass is 35.5. The van der Waals surface area contributed by atoms with E-state index in [1.165, 1.54) is 11.8 Å². The third-order valence-corrected chi connectivity index (χ3v) is 7.69. The van der Waals surface area contributed by atoms with Crippen molar-refractivity contribution < 1.29 is 18.6 Å². The van der Waals surface area contributed by atoms with E-state index in [1.54, 1.807) is 32.0 Å². The van der Waals surface area contributed by atoms with Crippen molar-refractivity contribution in [1.29, 1.82) is 0 Å². The molecule has 0 aliphatic carbocycles. The van der Waals surface area contributed by atoms with Crippen LogP contribution in [-0.4, -0.2) is 32.1 Å². The van der Waals surface area contributed by atoms with E-state index in [0.717, 1.165) is 21.8 Å². The van der Waals surface area contributed by atoms with Crippen molar-refractivity contribution in [3.63, 3.8) is 0 Å². The minimum atomic E-state index is -2.91. The second-order valence-corrected chi connectivity index (χ2v) is 9.69. The van der Waals surface area contributed by atoms with Gasteiger partial charge in [0.1, 0.15) is 11.6 Å². The van der Waals surface area contributed by atoms with Gasteiger partial charge in [-0.3, -0.25) is 0 Å². The quantitative estimate of drug-likeness (QED) is 0.579. The van der Waals surface area contributed by atoms with Crippen molar-refractivity contribution in [3.8, 4) is 5.75 Å². The van der Waals surface area contributed by atoms with Crippen molar-refractivity contribution in [2.45, 2.75) is 54.6 Å². The number of halogens is 3. The van der Waals surface area contributed by atoms with E-state index in [0.29, 0.717) is 17.0 Å². The van der Waals surface area contributed by atoms with E-state index < -0.39 is 12.2 Å². The molecule has 2 bridgehead atoms. The summed E-state index contributed by atoms with van der Waals surface area (Å²) >= 11 is 7.76. The Morgan fingerprint density at radius 1 is 1.31 bits per heavy atom. The number of thioether (sulfide) groups is 1. The Balaban J connectivity index is 1.80. The van der Waals surface area contributed by atoms with E-state index >= 15 is 0 Å². The number of benzene rings is 2. The van der Waals surface area contributed by atoms with Crippen molar-refractivity contribution in [2.75, 3.05) is 0 Å². The fourth-order valence-corrected chi connectivity index (χ4v) is 6.29. The van der Waals surface area contributed by atoms with E-state index in [1.807, 2.05) is 18.2 Å². The van der Waals surface area contributed by atoms with E-state index in [9.17, 15) is 13.9 Å². The Bertz CT molecular complexity index is 1110. The average molecular weight is 437 g/mol. The number of hydrogen-bond acceptors (Lipinski definition) is 4. The van der Waals surface area contributed by atoms with Crippen molar-refractivity contribution >= 4 is 34.4 Å². The molecular weight excluding hydrogens is 418 g/mol. The molecule has 4 nitrogen and oxygen atoms in total. The van der Waals surface area contributed by atoms with Crippen LogP contribution in [0.25, 0.3) is 11.0 Å². The molecule has 152 valence electrons. The third-order valence-electron chi connectivity index (χ3n) is 5.69. The molecule has 0 fully saturated rings. The maximum absolute atomic E-state index is 13.1. The molecule has 8 heteroatoms. The van der Waals surface area contributed by atoms with Gasteiger partial charge in [0, 0.05) is 26.6 Å². The lowest BCUT2D eigenvalue weighted by Crippen LogP contribution is -2.37. The average Bonchev–Trinajstić information content (AvgIpc) is 3.09. The van der Waals surface area contributed by atoms with Crippen LogP contribution in [-0.2, 0) is 0 Å². The molecule has 1 N–H and O–H groups in total. The number of alkyl halides is 2. The van der Waals surface area contributed by atoms with E-state index in [4.69, 9.17) is 21.3 Å². The summed E-state index contributed by atoms with van der Waals surface area (Å²) < 4.78 is 33.3. The normalized spacial score (nSPS) is 23.2. The van der Waals surface area contributed by atoms with Gasteiger partial charge in [-0.05, 0) is 50.6 Å². The molecule has 0 saturated heterocycles. The molecule has 2 aromatic carbocycles. The summed E-state index contributed by atoms with van der Waals surface area (Å²) in [5, 5.41) is 11.3. The fraction of sp³-hybridized carbons (Fsp3) is 0.381. The van der Waals surface area contributed by atoms with Crippen LogP contribution in [0.3, 0.4) is 0 Å². The molecule has 2 aliphatic rings. The van der Waals surface area contributed by atoms with Gasteiger partial charge in [-0.2, -0.15) is 8.78 Å². The standard InChI is InChI=1S/C21H19ClF2N2O2S/c1-21(2,27)18-11-9-14(17-15(28-20(23)24)4-3-5-16(17)29-18)26-13-8-10(22)6-7-12(13)25-19(11)26/h3-8,11,14,18,20,27H,9H2,1-2H3/t11-,14+,18+/m0/s1. The van der Waals surface area contributed by atoms with Crippen molar-refractivity contribution in [2.24, 2.45) is 0 Å². The number of imidazole rings is 1. The van der Waals surface area contributed by atoms with Crippen LogP contribution in [0.4, 0.5) is 8.78 Å². The number of rotatable bonds is 3. The van der Waals surface area contributed by atoms with Crippen LogP contribution in [0, 0.1) is 0 Å². The molecular formula is C21H19ClF2N2O2S. The second-order valence-electron chi connectivity index (χ2n) is 8.07. The number of aliphatic hydroxyl groups is 1. The van der Waals surface area contributed by atoms with Gasteiger partial charge in [-0.25, -0.2) is 4.98 Å². The molecule has 0 saturated carbocycles. The predicted octanol–water partition coefficient (Wildman–Crippen LogP) is 5.61. The lowest BCUT2D eigenvalue weighted by atomic mass is 9.88. The molecule has 0 unspecified atom stereocenters. The molecule has 1 aromatic heterocycles. The molecule has 3 heterocycles. The zero-order chi connectivity index (χ0) is 20.5. The van der Waals surface area contributed by atoms with Crippen LogP contribution in [0.1, 0.15) is 43.6 Å². The first-order chi connectivity index (χ1) is 13.7. The first-order valence-electron chi connectivity index (χ1n) is 9.38. The van der Waals surface area contributed by atoms with Crippen molar-refractivity contribution in [3.05, 3.63) is 52.8 Å². The summed E-state index contributed by atoms with van der Waals surface area (Å²) in [4.78, 5) is 5.68. The van der Waals surface area contributed by atoms with Gasteiger partial charge in [-0.15, -0.1) is 11.8 Å². The highest BCUT2D eigenvalue weighted by Gasteiger charge is 2.48. The zero-order valence-electron chi connectivity index (χ0n) is 15.8. The van der Waals surface area contributed by atoms with Crippen molar-refractivity contribution in [1.82, 2.24) is 9.55 Å². The Hall–Kier alpha value is -1.83. The topological polar surface area (TPSA) is 47.3 Å². The SMILES string of the molecule is CC(C)(O)[C@@H]1Sc2cccc(OC(F)F)c2[C@H]2C[C@@H]1c1nc3ccc(Cl)cc3n12. The minimum absolute atomic E-state index is 0.0389. The highest BCUT2D eigenvalue weighted by Crippen LogP contribution is 2.57. The van der Waals surface area contributed by atoms with Gasteiger partial charge >= 0.3 is 6.61 Å². The van der Waals surface area contributed by atoms with Crippen LogP contribution < -0.4 is 4.74 Å². The van der Waals surface area contributed by atoms with Crippen LogP contribution in [0.15, 0.2) is 41.3 Å². The zero-order valence-corrected chi connectivity index (χ0v) is 17.3. The molecule has 0 amide bonds. The number of aromatic nitrogens is 2. The number of ether oxygens (including phenoxy) is 1. The Morgan fingerprint density at radius 3 is 2.83 bits per heavy atom. The third kappa shape index (κ3) is 3.02. The van der Waals surface area contributed by atoms with Crippen LogP contribution in [0.2, 0.25) is 5.02 Å². The summed E-state index contributed by atoms with van der Waals surface area (Å²) in [6, 6.07) is 10.5. The van der Waals surface area contributed by atoms with Gasteiger partial charge < -0.3 is 14.4 Å². The summed E-state index contributed by atoms with van der Waals surface area (Å²) in [7, 11) is 0. The fourth-order valence-electron chi connectivity index (χ4n) is 4.64.